The van der Waals surface area contributed by atoms with Gasteiger partial charge in [-0.25, -0.2) is 0 Å². The van der Waals surface area contributed by atoms with Gasteiger partial charge in [0.1, 0.15) is 35.1 Å². The largest absolute Gasteiger partial charge is 0.420 e. The zero-order chi connectivity index (χ0) is 49.8. The Morgan fingerprint density at radius 3 is 1.10 bits per heavy atom. The fourth-order valence-corrected chi connectivity index (χ4v) is 19.8. The molecule has 6 aliphatic heterocycles. The minimum Gasteiger partial charge on any atom is -0.420 e. The van der Waals surface area contributed by atoms with E-state index in [0.29, 0.717) is 36.1 Å². The van der Waals surface area contributed by atoms with Gasteiger partial charge >= 0.3 is 0 Å². The van der Waals surface area contributed by atoms with Crippen LogP contribution < -0.4 is 0 Å². The number of rotatable bonds is 38. The van der Waals surface area contributed by atoms with Crippen molar-refractivity contribution in [2.45, 2.75) is 282 Å². The minimum absolute atomic E-state index is 0.136. The molecule has 400 valence electrons. The second-order valence-electron chi connectivity index (χ2n) is 22.5. The number of hydrogen-bond donors (Lipinski definition) is 0. The standard InChI is InChI=1S/C35H60O4.C25H48O4Si/c1-8-21-29-32(37-29,24-11-4)35(33(25-12-5)30(38-33)22-9-2,34(26-13-6)31(39-34)23-10-3)27-19-17-15-14-16-18-20-28-36-7;1-5-8-20(23-11-14-27-23)17-30(26-4,18-21(9-6-2)24-12-15-28-24)19-22(10-7-3)25-13-16-29-25/h8-10,21-23,29-31H,11-20,24-28H2,1-7H3;20-25H,5-19H2,1-4H3. The predicted octanol–water partition coefficient (Wildman–Crippen LogP) is 15.5. The summed E-state index contributed by atoms with van der Waals surface area (Å²) < 4.78 is 50.9. The Morgan fingerprint density at radius 2 is 0.841 bits per heavy atom. The van der Waals surface area contributed by atoms with Crippen LogP contribution in [0.2, 0.25) is 18.1 Å². The maximum atomic E-state index is 6.98. The molecule has 6 saturated heterocycles. The van der Waals surface area contributed by atoms with Crippen LogP contribution in [0.5, 0.6) is 0 Å². The summed E-state index contributed by atoms with van der Waals surface area (Å²) in [4.78, 5) is 0. The molecule has 9 heteroatoms. The molecule has 0 radical (unpaired) electrons. The van der Waals surface area contributed by atoms with E-state index in [4.69, 9.17) is 37.6 Å². The van der Waals surface area contributed by atoms with Crippen molar-refractivity contribution in [3.8, 4) is 0 Å². The first-order valence-electron chi connectivity index (χ1n) is 29.4. The number of allylic oxidation sites excluding steroid dienone is 3. The van der Waals surface area contributed by atoms with Gasteiger partial charge in [-0.05, 0) is 127 Å². The third-order valence-corrected chi connectivity index (χ3v) is 22.5. The molecular formula is C60H108O8Si. The average molecular weight is 986 g/mol. The maximum Gasteiger partial charge on any atom is 0.193 e. The summed E-state index contributed by atoms with van der Waals surface area (Å²) in [6.07, 6.45) is 43.0. The molecule has 12 unspecified atom stereocenters. The molecule has 0 aliphatic carbocycles. The van der Waals surface area contributed by atoms with Gasteiger partial charge in [0.15, 0.2) is 8.32 Å². The van der Waals surface area contributed by atoms with Crippen LogP contribution in [0.3, 0.4) is 0 Å². The molecule has 0 amide bonds. The molecule has 0 aromatic rings. The van der Waals surface area contributed by atoms with E-state index in [9.17, 15) is 0 Å². The van der Waals surface area contributed by atoms with Crippen molar-refractivity contribution < 1.29 is 37.6 Å². The number of epoxide rings is 3. The molecule has 6 aliphatic rings. The highest BCUT2D eigenvalue weighted by Crippen LogP contribution is 2.77. The topological polar surface area (TPSA) is 83.7 Å². The average Bonchev–Trinajstić information content (AvgIpc) is 4.23. The predicted molar refractivity (Wildman–Crippen MR) is 289 cm³/mol. The van der Waals surface area contributed by atoms with Gasteiger partial charge in [-0.3, -0.25) is 0 Å². The van der Waals surface area contributed by atoms with Gasteiger partial charge in [0.05, 0.1) is 23.7 Å². The van der Waals surface area contributed by atoms with E-state index in [2.05, 4.69) is 98.8 Å². The normalized spacial score (nSPS) is 33.4. The zero-order valence-electron chi connectivity index (χ0n) is 46.6. The minimum atomic E-state index is -1.95. The molecular weight excluding hydrogens is 877 g/mol. The molecule has 69 heavy (non-hydrogen) atoms. The fourth-order valence-electron chi connectivity index (χ4n) is 14.5. The van der Waals surface area contributed by atoms with E-state index in [1.54, 1.807) is 7.11 Å². The van der Waals surface area contributed by atoms with E-state index in [0.717, 1.165) is 71.4 Å². The van der Waals surface area contributed by atoms with Crippen molar-refractivity contribution in [1.29, 1.82) is 0 Å². The first-order valence-corrected chi connectivity index (χ1v) is 32.0. The van der Waals surface area contributed by atoms with Gasteiger partial charge < -0.3 is 37.6 Å². The summed E-state index contributed by atoms with van der Waals surface area (Å²) >= 11 is 0. The lowest BCUT2D eigenvalue weighted by molar-refractivity contribution is -0.0884. The molecule has 0 N–H and O–H groups in total. The Bertz CT molecular complexity index is 1350. The Labute approximate surface area is 426 Å². The molecule has 12 atom stereocenters. The van der Waals surface area contributed by atoms with Crippen molar-refractivity contribution in [3.63, 3.8) is 0 Å². The van der Waals surface area contributed by atoms with E-state index in [1.165, 1.54) is 121 Å². The maximum absolute atomic E-state index is 6.98. The fraction of sp³-hybridized carbons (Fsp3) is 0.900. The lowest BCUT2D eigenvalue weighted by atomic mass is 9.50. The van der Waals surface area contributed by atoms with Crippen LogP contribution in [0.4, 0.5) is 0 Å². The quantitative estimate of drug-likeness (QED) is 0.0262. The third-order valence-electron chi connectivity index (χ3n) is 17.8. The SMILES string of the molecule is CC=CC1OC1(CCC)C(CCCCCCCCCOC)(C1(CCC)OC1C=CC)C1(CCC)OC1C=CC.CCCC(C[Si](CC(CCC)C1CCO1)(CC(CCC)C1CCO1)OC)C1CCO1. The highest BCUT2D eigenvalue weighted by molar-refractivity contribution is 6.74. The van der Waals surface area contributed by atoms with Crippen LogP contribution in [0.1, 0.15) is 210 Å². The van der Waals surface area contributed by atoms with Crippen molar-refractivity contribution in [2.75, 3.05) is 40.6 Å². The molecule has 0 aromatic heterocycles. The van der Waals surface area contributed by atoms with Crippen molar-refractivity contribution in [2.24, 2.45) is 23.2 Å². The Kier molecular flexibility index (Phi) is 25.0. The Hall–Kier alpha value is -0.883. The summed E-state index contributed by atoms with van der Waals surface area (Å²) in [6, 6.07) is 3.80. The zero-order valence-corrected chi connectivity index (χ0v) is 47.6. The van der Waals surface area contributed by atoms with Gasteiger partial charge in [-0.1, -0.05) is 155 Å². The van der Waals surface area contributed by atoms with Crippen LogP contribution in [0.15, 0.2) is 36.5 Å². The van der Waals surface area contributed by atoms with Crippen LogP contribution in [0, 0.1) is 23.2 Å². The molecule has 6 fully saturated rings. The van der Waals surface area contributed by atoms with Gasteiger partial charge in [-0.2, -0.15) is 0 Å². The first-order chi connectivity index (χ1) is 33.6. The number of unbranched alkanes of at least 4 members (excludes halogenated alkanes) is 6. The van der Waals surface area contributed by atoms with Crippen molar-refractivity contribution in [1.82, 2.24) is 0 Å². The highest BCUT2D eigenvalue weighted by atomic mass is 28.4. The van der Waals surface area contributed by atoms with Crippen molar-refractivity contribution >= 4 is 8.32 Å². The number of methoxy groups -OCH3 is 1. The molecule has 0 spiro atoms. The van der Waals surface area contributed by atoms with E-state index >= 15 is 0 Å². The van der Waals surface area contributed by atoms with Gasteiger partial charge in [0, 0.05) is 40.6 Å². The summed E-state index contributed by atoms with van der Waals surface area (Å²) in [5, 5.41) is 0. The summed E-state index contributed by atoms with van der Waals surface area (Å²) in [6.45, 7) is 24.1. The summed E-state index contributed by atoms with van der Waals surface area (Å²) in [5.41, 5.74) is -0.936. The molecule has 6 heterocycles. The lowest BCUT2D eigenvalue weighted by Crippen LogP contribution is -2.62. The van der Waals surface area contributed by atoms with E-state index < -0.39 is 8.32 Å². The highest BCUT2D eigenvalue weighted by Gasteiger charge is 2.89. The lowest BCUT2D eigenvalue weighted by Gasteiger charge is -2.49. The molecule has 0 bridgehead atoms. The second-order valence-corrected chi connectivity index (χ2v) is 26.5. The summed E-state index contributed by atoms with van der Waals surface area (Å²) in [7, 11) is 1.89. The Balaban J connectivity index is 0.000000266. The third kappa shape index (κ3) is 13.9. The number of ether oxygens (including phenoxy) is 7. The van der Waals surface area contributed by atoms with E-state index in [-0.39, 0.29) is 40.5 Å². The second kappa shape index (κ2) is 29.3. The van der Waals surface area contributed by atoms with Crippen LogP contribution >= 0.6 is 0 Å². The van der Waals surface area contributed by atoms with Crippen LogP contribution in [0.25, 0.3) is 0 Å². The van der Waals surface area contributed by atoms with Gasteiger partial charge in [0.25, 0.3) is 0 Å². The first kappa shape index (κ1) is 59.0. The summed E-state index contributed by atoms with van der Waals surface area (Å²) in [5.74, 6) is 2.01. The molecule has 8 nitrogen and oxygen atoms in total. The van der Waals surface area contributed by atoms with Crippen LogP contribution in [-0.4, -0.2) is 102 Å². The molecule has 0 saturated carbocycles. The smallest absolute Gasteiger partial charge is 0.193 e. The molecule has 0 aromatic carbocycles. The van der Waals surface area contributed by atoms with Crippen LogP contribution in [-0.2, 0) is 37.6 Å². The van der Waals surface area contributed by atoms with Gasteiger partial charge in [0.2, 0.25) is 0 Å². The Morgan fingerprint density at radius 1 is 0.507 bits per heavy atom. The van der Waals surface area contributed by atoms with Crippen molar-refractivity contribution in [3.05, 3.63) is 36.5 Å². The van der Waals surface area contributed by atoms with E-state index in [1.807, 2.05) is 7.11 Å². The molecule has 6 rings (SSSR count). The monoisotopic (exact) mass is 985 g/mol. The number of hydrogen-bond acceptors (Lipinski definition) is 8. The van der Waals surface area contributed by atoms with Gasteiger partial charge in [-0.15, -0.1) is 0 Å².